The second-order valence-electron chi connectivity index (χ2n) is 4.71. The summed E-state index contributed by atoms with van der Waals surface area (Å²) in [6.07, 6.45) is 1.04. The van der Waals surface area contributed by atoms with Crippen molar-refractivity contribution in [1.29, 1.82) is 0 Å². The van der Waals surface area contributed by atoms with Crippen LogP contribution in [0.15, 0.2) is 48.5 Å². The second-order valence-corrected chi connectivity index (χ2v) is 4.71. The van der Waals surface area contributed by atoms with E-state index in [1.807, 2.05) is 64.2 Å². The third-order valence-corrected chi connectivity index (χ3v) is 3.39. The normalized spacial score (nSPS) is 10.2. The van der Waals surface area contributed by atoms with Crippen LogP contribution >= 0.6 is 0 Å². The fourth-order valence-corrected chi connectivity index (χ4v) is 2.11. The zero-order valence-electron chi connectivity index (χ0n) is 11.8. The highest BCUT2D eigenvalue weighted by atomic mass is 16.1. The van der Waals surface area contributed by atoms with Gasteiger partial charge in [-0.15, -0.1) is 0 Å². The quantitative estimate of drug-likeness (QED) is 0.608. The summed E-state index contributed by atoms with van der Waals surface area (Å²) in [7, 11) is 3.72. The number of ketones is 2. The number of rotatable bonds is 5. The molecule has 0 radical (unpaired) electrons. The largest absolute Gasteiger partial charge is 0.295 e. The molecule has 0 saturated carbocycles. The molecule has 0 amide bonds. The van der Waals surface area contributed by atoms with Crippen molar-refractivity contribution in [3.05, 3.63) is 59.7 Å². The van der Waals surface area contributed by atoms with E-state index >= 15 is 0 Å². The van der Waals surface area contributed by atoms with Crippen LogP contribution in [0.5, 0.6) is 0 Å². The number of hydrogen-bond donors (Lipinski definition) is 0. The van der Waals surface area contributed by atoms with E-state index in [9.17, 15) is 9.59 Å². The van der Waals surface area contributed by atoms with Gasteiger partial charge in [0.15, 0.2) is 11.6 Å². The summed E-state index contributed by atoms with van der Waals surface area (Å²) in [6.45, 7) is 0. The first-order valence-corrected chi connectivity index (χ1v) is 6.92. The van der Waals surface area contributed by atoms with Crippen molar-refractivity contribution >= 4 is 27.3 Å². The molecular formula is C16H16B2O2. The van der Waals surface area contributed by atoms with Gasteiger partial charge in [0.25, 0.3) is 0 Å². The molecule has 0 unspecified atom stereocenters. The van der Waals surface area contributed by atoms with Crippen LogP contribution in [-0.4, -0.2) is 27.3 Å². The van der Waals surface area contributed by atoms with Crippen molar-refractivity contribution < 1.29 is 9.59 Å². The van der Waals surface area contributed by atoms with Gasteiger partial charge >= 0.3 is 0 Å². The Morgan fingerprint density at radius 3 is 1.20 bits per heavy atom. The molecule has 98 valence electrons. The van der Waals surface area contributed by atoms with Gasteiger partial charge in [-0.3, -0.25) is 9.59 Å². The van der Waals surface area contributed by atoms with Gasteiger partial charge in [0.05, 0.1) is 0 Å². The van der Waals surface area contributed by atoms with E-state index < -0.39 is 0 Å². The molecule has 2 aromatic rings. The van der Waals surface area contributed by atoms with Crippen LogP contribution in [0, 0.1) is 0 Å². The molecule has 0 spiro atoms. The van der Waals surface area contributed by atoms with Gasteiger partial charge in [0.1, 0.15) is 15.7 Å². The average Bonchev–Trinajstić information content (AvgIpc) is 2.53. The van der Waals surface area contributed by atoms with Crippen LogP contribution < -0.4 is 0 Å². The maximum absolute atomic E-state index is 11.6. The van der Waals surface area contributed by atoms with E-state index in [4.69, 9.17) is 0 Å². The predicted octanol–water partition coefficient (Wildman–Crippen LogP) is 1.82. The van der Waals surface area contributed by atoms with Gasteiger partial charge < -0.3 is 0 Å². The van der Waals surface area contributed by atoms with Crippen molar-refractivity contribution in [2.75, 3.05) is 0 Å². The zero-order chi connectivity index (χ0) is 14.5. The molecule has 20 heavy (non-hydrogen) atoms. The summed E-state index contributed by atoms with van der Waals surface area (Å²) in [5.41, 5.74) is 3.59. The summed E-state index contributed by atoms with van der Waals surface area (Å²) in [5.74, 6) is 0.306. The lowest BCUT2D eigenvalue weighted by molar-refractivity contribution is 0.101. The van der Waals surface area contributed by atoms with Crippen LogP contribution in [0.1, 0.15) is 20.7 Å². The minimum Gasteiger partial charge on any atom is -0.295 e. The molecular weight excluding hydrogens is 246 g/mol. The SMILES string of the molecule is BCC(=O)c1ccc(-c2ccc(C(=O)CB)cc2)cc1. The van der Waals surface area contributed by atoms with Crippen LogP contribution in [0.3, 0.4) is 0 Å². The molecule has 2 nitrogen and oxygen atoms in total. The van der Waals surface area contributed by atoms with E-state index in [2.05, 4.69) is 0 Å². The predicted molar refractivity (Wildman–Crippen MR) is 87.2 cm³/mol. The third kappa shape index (κ3) is 3.08. The van der Waals surface area contributed by atoms with Crippen molar-refractivity contribution in [3.63, 3.8) is 0 Å². The number of benzene rings is 2. The van der Waals surface area contributed by atoms with E-state index in [1.165, 1.54) is 0 Å². The molecule has 0 aliphatic rings. The number of hydrogen-bond acceptors (Lipinski definition) is 2. The number of Topliss-reactive ketones (excluding diaryl/α,β-unsaturated/α-hetero) is 2. The summed E-state index contributed by atoms with van der Waals surface area (Å²) in [6, 6.07) is 15.2. The molecule has 0 aliphatic carbocycles. The monoisotopic (exact) mass is 262 g/mol. The Kier molecular flexibility index (Phi) is 4.57. The number of carbonyl (C=O) groups is 2. The summed E-state index contributed by atoms with van der Waals surface area (Å²) in [5, 5.41) is 0. The van der Waals surface area contributed by atoms with Gasteiger partial charge in [-0.2, -0.15) is 0 Å². The highest BCUT2D eigenvalue weighted by Gasteiger charge is 2.05. The van der Waals surface area contributed by atoms with Gasteiger partial charge in [-0.25, -0.2) is 0 Å². The lowest BCUT2D eigenvalue weighted by Gasteiger charge is -2.05. The molecule has 0 saturated heterocycles. The zero-order valence-corrected chi connectivity index (χ0v) is 11.8. The van der Waals surface area contributed by atoms with E-state index in [0.29, 0.717) is 12.6 Å². The Morgan fingerprint density at radius 1 is 0.650 bits per heavy atom. The summed E-state index contributed by atoms with van der Waals surface area (Å²) in [4.78, 5) is 23.2. The van der Waals surface area contributed by atoms with Crippen LogP contribution in [0.25, 0.3) is 11.1 Å². The smallest absolute Gasteiger partial charge is 0.155 e. The summed E-state index contributed by atoms with van der Waals surface area (Å²) < 4.78 is 0. The maximum atomic E-state index is 11.6. The van der Waals surface area contributed by atoms with Crippen molar-refractivity contribution in [2.24, 2.45) is 0 Å². The van der Waals surface area contributed by atoms with E-state index in [0.717, 1.165) is 22.3 Å². The first kappa shape index (κ1) is 14.3. The minimum atomic E-state index is 0.153. The van der Waals surface area contributed by atoms with Crippen molar-refractivity contribution in [3.8, 4) is 11.1 Å². The first-order chi connectivity index (χ1) is 9.65. The van der Waals surface area contributed by atoms with Crippen LogP contribution in [0.2, 0.25) is 12.6 Å². The van der Waals surface area contributed by atoms with Gasteiger partial charge in [0, 0.05) is 11.1 Å². The molecule has 4 heteroatoms. The van der Waals surface area contributed by atoms with Crippen molar-refractivity contribution in [2.45, 2.75) is 12.6 Å². The lowest BCUT2D eigenvalue weighted by atomic mass is 9.93. The topological polar surface area (TPSA) is 34.1 Å². The minimum absolute atomic E-state index is 0.153. The Balaban J connectivity index is 2.23. The van der Waals surface area contributed by atoms with Crippen LogP contribution in [0.4, 0.5) is 0 Å². The molecule has 2 rings (SSSR count). The molecule has 0 fully saturated rings. The molecule has 0 N–H and O–H groups in total. The molecule has 0 heterocycles. The van der Waals surface area contributed by atoms with Crippen molar-refractivity contribution in [1.82, 2.24) is 0 Å². The Morgan fingerprint density at radius 2 is 0.950 bits per heavy atom. The summed E-state index contributed by atoms with van der Waals surface area (Å²) >= 11 is 0. The van der Waals surface area contributed by atoms with Gasteiger partial charge in [-0.1, -0.05) is 48.5 Å². The average molecular weight is 262 g/mol. The highest BCUT2D eigenvalue weighted by molar-refractivity contribution is 6.24. The molecule has 0 aromatic heterocycles. The Labute approximate surface area is 121 Å². The van der Waals surface area contributed by atoms with Gasteiger partial charge in [-0.05, 0) is 23.8 Å². The van der Waals surface area contributed by atoms with E-state index in [1.54, 1.807) is 0 Å². The molecule has 0 bridgehead atoms. The first-order valence-electron chi connectivity index (χ1n) is 6.92. The molecule has 0 aliphatic heterocycles. The van der Waals surface area contributed by atoms with E-state index in [-0.39, 0.29) is 11.6 Å². The third-order valence-electron chi connectivity index (χ3n) is 3.39. The molecule has 2 aromatic carbocycles. The van der Waals surface area contributed by atoms with Crippen LogP contribution in [-0.2, 0) is 0 Å². The lowest BCUT2D eigenvalue weighted by Crippen LogP contribution is -1.97. The maximum Gasteiger partial charge on any atom is 0.155 e. The number of carbonyl (C=O) groups excluding carboxylic acids is 2. The highest BCUT2D eigenvalue weighted by Crippen LogP contribution is 2.21. The van der Waals surface area contributed by atoms with Gasteiger partial charge in [0.2, 0.25) is 0 Å². The molecule has 0 atom stereocenters. The Hall–Kier alpha value is -2.09. The fraction of sp³-hybridized carbons (Fsp3) is 0.125. The fourth-order valence-electron chi connectivity index (χ4n) is 2.11. The standard InChI is InChI=1S/C16H16B2O2/c17-9-15(19)13-5-1-11(2-6-13)12-3-7-14(8-4-12)16(20)10-18/h1-8H,9-10,17-18H2. The Bertz CT molecular complexity index is 558. The second kappa shape index (κ2) is 6.38.